The molecule has 0 aliphatic carbocycles. The van der Waals surface area contributed by atoms with Gasteiger partial charge in [0.05, 0.1) is 35.1 Å². The molecule has 266 valence electrons. The second kappa shape index (κ2) is 14.7. The third kappa shape index (κ3) is 9.58. The first-order chi connectivity index (χ1) is 23.0. The van der Waals surface area contributed by atoms with E-state index in [1.807, 2.05) is 52.0 Å². The highest BCUT2D eigenvalue weighted by atomic mass is 32.2. The van der Waals surface area contributed by atoms with Gasteiger partial charge in [-0.05, 0) is 81.3 Å². The Labute approximate surface area is 290 Å². The van der Waals surface area contributed by atoms with E-state index in [4.69, 9.17) is 14.5 Å². The van der Waals surface area contributed by atoms with Crippen molar-refractivity contribution in [2.75, 3.05) is 49.2 Å². The molecular formula is C38H50FN3O6S. The molecule has 0 saturated carbocycles. The predicted molar refractivity (Wildman–Crippen MR) is 190 cm³/mol. The van der Waals surface area contributed by atoms with Crippen LogP contribution in [0.5, 0.6) is 5.75 Å². The fraction of sp³-hybridized carbons (Fsp3) is 0.526. The van der Waals surface area contributed by atoms with Gasteiger partial charge in [-0.1, -0.05) is 38.1 Å². The molecule has 2 aromatic carbocycles. The number of rotatable bonds is 11. The molecule has 1 atom stereocenters. The lowest BCUT2D eigenvalue weighted by atomic mass is 9.81. The molecule has 9 nitrogen and oxygen atoms in total. The summed E-state index contributed by atoms with van der Waals surface area (Å²) in [6, 6.07) is 14.1. The van der Waals surface area contributed by atoms with Crippen LogP contribution in [0.4, 0.5) is 10.1 Å². The van der Waals surface area contributed by atoms with Crippen LogP contribution in [-0.2, 0) is 32.3 Å². The summed E-state index contributed by atoms with van der Waals surface area (Å²) in [6.45, 7) is 15.1. The molecule has 49 heavy (non-hydrogen) atoms. The van der Waals surface area contributed by atoms with E-state index in [1.54, 1.807) is 12.1 Å². The predicted octanol–water partition coefficient (Wildman–Crippen LogP) is 6.62. The van der Waals surface area contributed by atoms with Gasteiger partial charge in [-0.3, -0.25) is 9.88 Å². The topological polar surface area (TPSA) is 109 Å². The van der Waals surface area contributed by atoms with Crippen molar-refractivity contribution in [2.45, 2.75) is 79.1 Å². The number of carboxylic acids is 1. The fourth-order valence-corrected chi connectivity index (χ4v) is 7.80. The zero-order chi connectivity index (χ0) is 35.6. The number of carbonyl (C=O) groups is 1. The molecule has 0 bridgehead atoms. The summed E-state index contributed by atoms with van der Waals surface area (Å²) >= 11 is 0. The summed E-state index contributed by atoms with van der Waals surface area (Å²) in [5.74, 6) is -0.487. The summed E-state index contributed by atoms with van der Waals surface area (Å²) in [4.78, 5) is 22.5. The van der Waals surface area contributed by atoms with E-state index >= 15 is 0 Å². The molecule has 1 N–H and O–H groups in total. The quantitative estimate of drug-likeness (QED) is 0.237. The molecule has 2 aliphatic rings. The van der Waals surface area contributed by atoms with Crippen molar-refractivity contribution in [3.05, 3.63) is 76.9 Å². The molecule has 3 aromatic rings. The summed E-state index contributed by atoms with van der Waals surface area (Å²) in [5, 5.41) is 10.6. The Bertz CT molecular complexity index is 1710. The molecular weight excluding hydrogens is 645 g/mol. The average Bonchev–Trinajstić information content (AvgIpc) is 3.02. The van der Waals surface area contributed by atoms with Gasteiger partial charge in [0.2, 0.25) is 0 Å². The van der Waals surface area contributed by atoms with Crippen LogP contribution in [0.1, 0.15) is 76.1 Å². The number of aliphatic carboxylic acids is 1. The van der Waals surface area contributed by atoms with E-state index in [0.717, 1.165) is 54.0 Å². The normalized spacial score (nSPS) is 18.6. The Morgan fingerprint density at radius 3 is 2.18 bits per heavy atom. The number of hydrogen-bond donors (Lipinski definition) is 1. The largest absolute Gasteiger partial charge is 0.493 e. The Morgan fingerprint density at radius 2 is 1.61 bits per heavy atom. The lowest BCUT2D eigenvalue weighted by molar-refractivity contribution is -0.160. The van der Waals surface area contributed by atoms with Crippen molar-refractivity contribution in [1.82, 2.24) is 9.88 Å². The van der Waals surface area contributed by atoms with Crippen molar-refractivity contribution in [3.8, 4) is 16.9 Å². The number of aromatic nitrogens is 1. The van der Waals surface area contributed by atoms with Crippen molar-refractivity contribution in [3.63, 3.8) is 0 Å². The molecule has 2 fully saturated rings. The van der Waals surface area contributed by atoms with Crippen molar-refractivity contribution in [1.29, 1.82) is 0 Å². The van der Waals surface area contributed by atoms with Crippen LogP contribution in [0.3, 0.4) is 0 Å². The molecule has 2 aliphatic heterocycles. The lowest BCUT2D eigenvalue weighted by Gasteiger charge is -2.41. The number of benzene rings is 2. The third-order valence-electron chi connectivity index (χ3n) is 9.39. The molecule has 0 spiro atoms. The van der Waals surface area contributed by atoms with Gasteiger partial charge < -0.3 is 19.5 Å². The number of ether oxygens (including phenoxy) is 2. The SMILES string of the molecule is Cc1nc(CN2CCS(=O)(=O)CC2)c(-c2ccc(OCCc3ccc(F)cc3)cc2)c(N2CCC(C)(C)CC2)c1[C@H](OC(C)(C)C)C(=O)O. The minimum Gasteiger partial charge on any atom is -0.493 e. The molecule has 1 aromatic heterocycles. The summed E-state index contributed by atoms with van der Waals surface area (Å²) in [7, 11) is -3.07. The standard InChI is InChI=1S/C38H50FN3O6S/c1-26-32(35(36(43)44)48-37(2,3)4)34(42-18-16-38(5,6)17-19-42)33(31(40-26)25-41-20-23-49(45,46)24-21-41)28-9-13-30(14-10-28)47-22-15-27-7-11-29(39)12-8-27/h7-14,35H,15-25H2,1-6H3,(H,43,44)/t35-/m0/s1. The van der Waals surface area contributed by atoms with Gasteiger partial charge >= 0.3 is 5.97 Å². The highest BCUT2D eigenvalue weighted by Gasteiger charge is 2.37. The van der Waals surface area contributed by atoms with E-state index in [-0.39, 0.29) is 22.7 Å². The average molecular weight is 696 g/mol. The van der Waals surface area contributed by atoms with Crippen LogP contribution < -0.4 is 9.64 Å². The Morgan fingerprint density at radius 1 is 1.00 bits per heavy atom. The van der Waals surface area contributed by atoms with Gasteiger partial charge in [-0.2, -0.15) is 0 Å². The van der Waals surface area contributed by atoms with Crippen LogP contribution in [0.2, 0.25) is 0 Å². The molecule has 11 heteroatoms. The number of aryl methyl sites for hydroxylation is 1. The molecule has 2 saturated heterocycles. The van der Waals surface area contributed by atoms with Crippen LogP contribution in [0.15, 0.2) is 48.5 Å². The van der Waals surface area contributed by atoms with Crippen LogP contribution in [-0.4, -0.2) is 79.3 Å². The molecule has 3 heterocycles. The van der Waals surface area contributed by atoms with E-state index in [0.29, 0.717) is 49.7 Å². The monoisotopic (exact) mass is 695 g/mol. The summed E-state index contributed by atoms with van der Waals surface area (Å²) < 4.78 is 50.2. The van der Waals surface area contributed by atoms with E-state index in [2.05, 4.69) is 23.6 Å². The maximum Gasteiger partial charge on any atom is 0.337 e. The Kier molecular flexibility index (Phi) is 11.1. The minimum atomic E-state index is -3.07. The minimum absolute atomic E-state index is 0.0952. The van der Waals surface area contributed by atoms with Crippen molar-refractivity contribution < 1.29 is 32.2 Å². The first-order valence-corrected chi connectivity index (χ1v) is 18.9. The first-order valence-electron chi connectivity index (χ1n) is 17.1. The fourth-order valence-electron chi connectivity index (χ4n) is 6.52. The number of pyridine rings is 1. The molecule has 0 amide bonds. The maximum absolute atomic E-state index is 13.3. The van der Waals surface area contributed by atoms with E-state index < -0.39 is 27.5 Å². The highest BCUT2D eigenvalue weighted by Crippen LogP contribution is 2.45. The van der Waals surface area contributed by atoms with Gasteiger partial charge in [0.25, 0.3) is 0 Å². The second-order valence-electron chi connectivity index (χ2n) is 15.1. The molecule has 0 radical (unpaired) electrons. The Hall–Kier alpha value is -3.54. The zero-order valence-electron chi connectivity index (χ0n) is 29.6. The second-order valence-corrected chi connectivity index (χ2v) is 17.4. The van der Waals surface area contributed by atoms with Crippen LogP contribution in [0.25, 0.3) is 11.1 Å². The number of piperidine rings is 1. The van der Waals surface area contributed by atoms with Gasteiger partial charge in [0.15, 0.2) is 15.9 Å². The Balaban J connectivity index is 1.59. The summed E-state index contributed by atoms with van der Waals surface area (Å²) in [6.07, 6.45) is 1.25. The van der Waals surface area contributed by atoms with Gasteiger partial charge in [0.1, 0.15) is 11.6 Å². The first kappa shape index (κ1) is 36.7. The summed E-state index contributed by atoms with van der Waals surface area (Å²) in [5.41, 5.74) is 4.79. The highest BCUT2D eigenvalue weighted by molar-refractivity contribution is 7.91. The number of carboxylic acid groups (broad SMARTS) is 1. The number of anilines is 1. The van der Waals surface area contributed by atoms with E-state index in [1.165, 1.54) is 12.1 Å². The number of halogens is 1. The number of sulfone groups is 1. The van der Waals surface area contributed by atoms with E-state index in [9.17, 15) is 22.7 Å². The lowest BCUT2D eigenvalue weighted by Crippen LogP contribution is -2.41. The van der Waals surface area contributed by atoms with Crippen LogP contribution in [0, 0.1) is 18.2 Å². The van der Waals surface area contributed by atoms with Crippen molar-refractivity contribution in [2.24, 2.45) is 5.41 Å². The zero-order valence-corrected chi connectivity index (χ0v) is 30.4. The molecule has 0 unspecified atom stereocenters. The number of hydrogen-bond acceptors (Lipinski definition) is 8. The van der Waals surface area contributed by atoms with Crippen molar-refractivity contribution >= 4 is 21.5 Å². The number of nitrogens with zero attached hydrogens (tertiary/aromatic N) is 3. The molecule has 5 rings (SSSR count). The van der Waals surface area contributed by atoms with Gasteiger partial charge in [0, 0.05) is 56.0 Å². The maximum atomic E-state index is 13.3. The van der Waals surface area contributed by atoms with Gasteiger partial charge in [-0.15, -0.1) is 0 Å². The van der Waals surface area contributed by atoms with Gasteiger partial charge in [-0.25, -0.2) is 17.6 Å². The van der Waals surface area contributed by atoms with Crippen LogP contribution >= 0.6 is 0 Å². The third-order valence-corrected chi connectivity index (χ3v) is 11.0. The smallest absolute Gasteiger partial charge is 0.337 e.